The Balaban J connectivity index is 1.59. The predicted octanol–water partition coefficient (Wildman–Crippen LogP) is 4.73. The molecule has 0 bridgehead atoms. The van der Waals surface area contributed by atoms with Crippen LogP contribution >= 0.6 is 11.3 Å². The molecule has 2 aromatic heterocycles. The molecule has 0 aliphatic carbocycles. The first-order chi connectivity index (χ1) is 14.4. The van der Waals surface area contributed by atoms with Crippen LogP contribution in [0.3, 0.4) is 0 Å². The van der Waals surface area contributed by atoms with Crippen molar-refractivity contribution in [2.45, 2.75) is 20.4 Å². The Kier molecular flexibility index (Phi) is 5.33. The van der Waals surface area contributed by atoms with Gasteiger partial charge >= 0.3 is 0 Å². The number of benzene rings is 2. The molecule has 2 heterocycles. The number of fused-ring (bicyclic) bond motifs is 1. The lowest BCUT2D eigenvalue weighted by Gasteiger charge is -2.10. The quantitative estimate of drug-likeness (QED) is 0.332. The molecule has 8 heteroatoms. The molecule has 0 saturated heterocycles. The van der Waals surface area contributed by atoms with Gasteiger partial charge in [-0.3, -0.25) is 19.5 Å². The van der Waals surface area contributed by atoms with Crippen LogP contribution in [-0.2, 0) is 6.54 Å². The zero-order chi connectivity index (χ0) is 21.3. The fraction of sp³-hybridized carbons (Fsp3) is 0.182. The molecule has 0 amide bonds. The van der Waals surface area contributed by atoms with Gasteiger partial charge < -0.3 is 4.74 Å². The minimum absolute atomic E-state index is 0.0114. The van der Waals surface area contributed by atoms with Crippen molar-refractivity contribution >= 4 is 27.2 Å². The van der Waals surface area contributed by atoms with E-state index in [-0.39, 0.29) is 11.2 Å². The third-order valence-corrected chi connectivity index (χ3v) is 5.63. The SMILES string of the molecule is Cc1cc(C)cc(OCCn2cnc3scc(-c4ccc([N+](=O)[O-])cc4)c3c2=O)c1. The third kappa shape index (κ3) is 3.95. The van der Waals surface area contributed by atoms with Crippen LogP contribution in [-0.4, -0.2) is 21.1 Å². The summed E-state index contributed by atoms with van der Waals surface area (Å²) in [5, 5.41) is 13.3. The van der Waals surface area contributed by atoms with E-state index in [0.29, 0.717) is 23.4 Å². The van der Waals surface area contributed by atoms with Gasteiger partial charge in [0.05, 0.1) is 23.2 Å². The molecule has 4 rings (SSSR count). The maximum atomic E-state index is 13.1. The molecule has 0 saturated carbocycles. The highest BCUT2D eigenvalue weighted by atomic mass is 32.1. The number of nitro groups is 1. The fourth-order valence-corrected chi connectivity index (χ4v) is 4.29. The van der Waals surface area contributed by atoms with Crippen molar-refractivity contribution in [3.05, 3.63) is 85.8 Å². The van der Waals surface area contributed by atoms with E-state index in [4.69, 9.17) is 4.74 Å². The van der Waals surface area contributed by atoms with Gasteiger partial charge in [0.1, 0.15) is 17.2 Å². The van der Waals surface area contributed by atoms with Gasteiger partial charge in [-0.05, 0) is 54.8 Å². The highest BCUT2D eigenvalue weighted by Gasteiger charge is 2.14. The molecule has 0 N–H and O–H groups in total. The van der Waals surface area contributed by atoms with Crippen LogP contribution in [0.2, 0.25) is 0 Å². The van der Waals surface area contributed by atoms with Gasteiger partial charge in [0.2, 0.25) is 0 Å². The van der Waals surface area contributed by atoms with E-state index in [1.807, 2.05) is 31.4 Å². The number of rotatable bonds is 6. The number of ether oxygens (including phenoxy) is 1. The zero-order valence-corrected chi connectivity index (χ0v) is 17.3. The van der Waals surface area contributed by atoms with Gasteiger partial charge in [0, 0.05) is 23.1 Å². The summed E-state index contributed by atoms with van der Waals surface area (Å²) in [6.07, 6.45) is 1.53. The highest BCUT2D eigenvalue weighted by Crippen LogP contribution is 2.31. The second kappa shape index (κ2) is 8.08. The Bertz CT molecular complexity index is 1270. The molecular weight excluding hydrogens is 402 g/mol. The lowest BCUT2D eigenvalue weighted by atomic mass is 10.1. The van der Waals surface area contributed by atoms with Crippen LogP contribution in [0.4, 0.5) is 5.69 Å². The summed E-state index contributed by atoms with van der Waals surface area (Å²) in [5.41, 5.74) is 3.57. The molecule has 0 aliphatic heterocycles. The van der Waals surface area contributed by atoms with Gasteiger partial charge in [-0.25, -0.2) is 4.98 Å². The lowest BCUT2D eigenvalue weighted by Crippen LogP contribution is -2.23. The second-order valence-corrected chi connectivity index (χ2v) is 7.91. The van der Waals surface area contributed by atoms with Crippen molar-refractivity contribution in [2.75, 3.05) is 6.61 Å². The van der Waals surface area contributed by atoms with E-state index >= 15 is 0 Å². The number of hydrogen-bond acceptors (Lipinski definition) is 6. The van der Waals surface area contributed by atoms with Crippen molar-refractivity contribution in [3.8, 4) is 16.9 Å². The van der Waals surface area contributed by atoms with Crippen LogP contribution in [0.15, 0.2) is 59.0 Å². The van der Waals surface area contributed by atoms with Gasteiger partial charge in [-0.1, -0.05) is 6.07 Å². The van der Waals surface area contributed by atoms with Crippen LogP contribution in [0.1, 0.15) is 11.1 Å². The molecule has 152 valence electrons. The summed E-state index contributed by atoms with van der Waals surface area (Å²) in [4.78, 5) is 28.6. The molecule has 2 aromatic carbocycles. The smallest absolute Gasteiger partial charge is 0.269 e. The van der Waals surface area contributed by atoms with Crippen LogP contribution in [0.5, 0.6) is 5.75 Å². The first kappa shape index (κ1) is 19.8. The summed E-state index contributed by atoms with van der Waals surface area (Å²) < 4.78 is 7.36. The second-order valence-electron chi connectivity index (χ2n) is 7.05. The average Bonchev–Trinajstić information content (AvgIpc) is 3.14. The predicted molar refractivity (Wildman–Crippen MR) is 117 cm³/mol. The van der Waals surface area contributed by atoms with Gasteiger partial charge in [-0.15, -0.1) is 11.3 Å². The zero-order valence-electron chi connectivity index (χ0n) is 16.5. The summed E-state index contributed by atoms with van der Waals surface area (Å²) >= 11 is 1.38. The molecule has 0 aliphatic rings. The largest absolute Gasteiger partial charge is 0.492 e. The van der Waals surface area contributed by atoms with Crippen molar-refractivity contribution < 1.29 is 9.66 Å². The van der Waals surface area contributed by atoms with E-state index < -0.39 is 4.92 Å². The monoisotopic (exact) mass is 421 g/mol. The van der Waals surface area contributed by atoms with Gasteiger partial charge in [-0.2, -0.15) is 0 Å². The number of thiophene rings is 1. The Morgan fingerprint density at radius 1 is 1.13 bits per heavy atom. The van der Waals surface area contributed by atoms with Crippen molar-refractivity contribution in [3.63, 3.8) is 0 Å². The Labute approximate surface area is 176 Å². The third-order valence-electron chi connectivity index (χ3n) is 4.75. The van der Waals surface area contributed by atoms with E-state index in [0.717, 1.165) is 28.0 Å². The first-order valence-corrected chi connectivity index (χ1v) is 10.2. The average molecular weight is 421 g/mol. The van der Waals surface area contributed by atoms with Gasteiger partial charge in [0.25, 0.3) is 11.2 Å². The number of aromatic nitrogens is 2. The summed E-state index contributed by atoms with van der Waals surface area (Å²) in [5.74, 6) is 0.775. The summed E-state index contributed by atoms with van der Waals surface area (Å²) in [6.45, 7) is 4.73. The minimum Gasteiger partial charge on any atom is -0.492 e. The fourth-order valence-electron chi connectivity index (χ4n) is 3.38. The molecule has 4 aromatic rings. The van der Waals surface area contributed by atoms with E-state index in [9.17, 15) is 14.9 Å². The summed E-state index contributed by atoms with van der Waals surface area (Å²) in [6, 6.07) is 12.2. The standard InChI is InChI=1S/C22H19N3O4S/c1-14-9-15(2)11-18(10-14)29-8-7-24-13-23-21-20(22(24)26)19(12-30-21)16-3-5-17(6-4-16)25(27)28/h3-6,9-13H,7-8H2,1-2H3. The van der Waals surface area contributed by atoms with E-state index in [1.165, 1.54) is 34.4 Å². The molecule has 30 heavy (non-hydrogen) atoms. The topological polar surface area (TPSA) is 87.3 Å². The molecule has 0 fully saturated rings. The lowest BCUT2D eigenvalue weighted by molar-refractivity contribution is -0.384. The first-order valence-electron chi connectivity index (χ1n) is 9.35. The van der Waals surface area contributed by atoms with Crippen molar-refractivity contribution in [1.82, 2.24) is 9.55 Å². The number of non-ortho nitro benzene ring substituents is 1. The van der Waals surface area contributed by atoms with Crippen molar-refractivity contribution in [1.29, 1.82) is 0 Å². The molecular formula is C22H19N3O4S. The van der Waals surface area contributed by atoms with Crippen LogP contribution in [0.25, 0.3) is 21.3 Å². The Morgan fingerprint density at radius 2 is 1.83 bits per heavy atom. The van der Waals surface area contributed by atoms with E-state index in [1.54, 1.807) is 12.1 Å². The van der Waals surface area contributed by atoms with Gasteiger partial charge in [0.15, 0.2) is 0 Å². The van der Waals surface area contributed by atoms with Crippen LogP contribution < -0.4 is 10.3 Å². The minimum atomic E-state index is -0.445. The number of nitrogens with zero attached hydrogens (tertiary/aromatic N) is 3. The Hall–Kier alpha value is -3.52. The Morgan fingerprint density at radius 3 is 2.50 bits per heavy atom. The highest BCUT2D eigenvalue weighted by molar-refractivity contribution is 7.17. The van der Waals surface area contributed by atoms with Crippen LogP contribution in [0, 0.1) is 24.0 Å². The molecule has 0 spiro atoms. The number of hydrogen-bond donors (Lipinski definition) is 0. The molecule has 7 nitrogen and oxygen atoms in total. The molecule has 0 unspecified atom stereocenters. The maximum absolute atomic E-state index is 13.1. The molecule has 0 atom stereocenters. The number of nitro benzene ring substituents is 1. The van der Waals surface area contributed by atoms with Crippen molar-refractivity contribution in [2.24, 2.45) is 0 Å². The normalized spacial score (nSPS) is 11.0. The summed E-state index contributed by atoms with van der Waals surface area (Å²) in [7, 11) is 0. The number of aryl methyl sites for hydroxylation is 2. The van der Waals surface area contributed by atoms with E-state index in [2.05, 4.69) is 11.1 Å². The molecule has 0 radical (unpaired) electrons. The maximum Gasteiger partial charge on any atom is 0.269 e.